The van der Waals surface area contributed by atoms with E-state index in [1.165, 1.54) is 5.69 Å². The van der Waals surface area contributed by atoms with Crippen LogP contribution in [0.15, 0.2) is 24.5 Å². The number of hydrogen-bond acceptors (Lipinski definition) is 3. The lowest BCUT2D eigenvalue weighted by atomic mass is 10.4. The molecule has 1 aromatic heterocycles. The predicted molar refractivity (Wildman–Crippen MR) is 44.5 cm³/mol. The standard InChI is InChI=1S/C8H11N3/c1-2-8(6-9-3-1)11-5-4-10-7-11/h1-3,6,10H,4-5,7H2. The zero-order valence-corrected chi connectivity index (χ0v) is 6.33. The molecule has 0 aromatic carbocycles. The molecule has 0 amide bonds. The first-order chi connectivity index (χ1) is 5.47. The summed E-state index contributed by atoms with van der Waals surface area (Å²) in [6, 6.07) is 4.05. The molecule has 11 heavy (non-hydrogen) atoms. The van der Waals surface area contributed by atoms with Gasteiger partial charge in [-0.2, -0.15) is 0 Å². The molecule has 1 saturated heterocycles. The van der Waals surface area contributed by atoms with Crippen LogP contribution in [-0.2, 0) is 0 Å². The number of nitrogens with zero attached hydrogens (tertiary/aromatic N) is 2. The van der Waals surface area contributed by atoms with Gasteiger partial charge in [0.15, 0.2) is 0 Å². The molecule has 1 aliphatic heterocycles. The van der Waals surface area contributed by atoms with Gasteiger partial charge in [0.2, 0.25) is 0 Å². The van der Waals surface area contributed by atoms with Crippen LogP contribution in [0.2, 0.25) is 0 Å². The van der Waals surface area contributed by atoms with E-state index in [1.807, 2.05) is 12.3 Å². The molecule has 1 aliphatic rings. The van der Waals surface area contributed by atoms with Crippen molar-refractivity contribution in [1.29, 1.82) is 0 Å². The second kappa shape index (κ2) is 2.88. The van der Waals surface area contributed by atoms with Gasteiger partial charge >= 0.3 is 0 Å². The Morgan fingerprint density at radius 2 is 2.55 bits per heavy atom. The monoisotopic (exact) mass is 149 g/mol. The van der Waals surface area contributed by atoms with Crippen molar-refractivity contribution in [2.75, 3.05) is 24.7 Å². The van der Waals surface area contributed by atoms with E-state index >= 15 is 0 Å². The van der Waals surface area contributed by atoms with Crippen LogP contribution < -0.4 is 10.2 Å². The quantitative estimate of drug-likeness (QED) is 0.628. The molecule has 0 atom stereocenters. The molecular weight excluding hydrogens is 138 g/mol. The highest BCUT2D eigenvalue weighted by Gasteiger charge is 2.10. The van der Waals surface area contributed by atoms with Gasteiger partial charge in [-0.25, -0.2) is 0 Å². The first kappa shape index (κ1) is 6.61. The highest BCUT2D eigenvalue weighted by molar-refractivity contribution is 5.44. The lowest BCUT2D eigenvalue weighted by Gasteiger charge is -2.14. The fourth-order valence-corrected chi connectivity index (χ4v) is 1.27. The van der Waals surface area contributed by atoms with E-state index in [4.69, 9.17) is 0 Å². The van der Waals surface area contributed by atoms with Crippen molar-refractivity contribution in [2.45, 2.75) is 0 Å². The van der Waals surface area contributed by atoms with Crippen LogP contribution in [0.25, 0.3) is 0 Å². The van der Waals surface area contributed by atoms with Gasteiger partial charge in [-0.15, -0.1) is 0 Å². The molecule has 2 heterocycles. The van der Waals surface area contributed by atoms with E-state index in [0.29, 0.717) is 0 Å². The zero-order chi connectivity index (χ0) is 7.52. The zero-order valence-electron chi connectivity index (χ0n) is 6.33. The van der Waals surface area contributed by atoms with Crippen LogP contribution in [-0.4, -0.2) is 24.7 Å². The summed E-state index contributed by atoms with van der Waals surface area (Å²) in [5.74, 6) is 0. The Hall–Kier alpha value is -1.09. The molecule has 1 N–H and O–H groups in total. The molecule has 0 spiro atoms. The van der Waals surface area contributed by atoms with E-state index in [-0.39, 0.29) is 0 Å². The number of pyridine rings is 1. The molecule has 2 rings (SSSR count). The average molecular weight is 149 g/mol. The van der Waals surface area contributed by atoms with Gasteiger partial charge in [-0.1, -0.05) is 0 Å². The topological polar surface area (TPSA) is 28.2 Å². The van der Waals surface area contributed by atoms with Gasteiger partial charge < -0.3 is 4.90 Å². The van der Waals surface area contributed by atoms with Crippen LogP contribution in [0.1, 0.15) is 0 Å². The summed E-state index contributed by atoms with van der Waals surface area (Å²) in [5.41, 5.74) is 1.21. The van der Waals surface area contributed by atoms with E-state index in [2.05, 4.69) is 21.3 Å². The average Bonchev–Trinajstić information content (AvgIpc) is 2.58. The number of anilines is 1. The Balaban J connectivity index is 2.16. The number of aromatic nitrogens is 1. The third-order valence-electron chi connectivity index (χ3n) is 1.87. The van der Waals surface area contributed by atoms with Crippen LogP contribution in [0.5, 0.6) is 0 Å². The maximum absolute atomic E-state index is 4.06. The third kappa shape index (κ3) is 1.33. The fraction of sp³-hybridized carbons (Fsp3) is 0.375. The number of rotatable bonds is 1. The predicted octanol–water partition coefficient (Wildman–Crippen LogP) is 0.449. The van der Waals surface area contributed by atoms with Crippen molar-refractivity contribution in [1.82, 2.24) is 10.3 Å². The second-order valence-corrected chi connectivity index (χ2v) is 2.63. The van der Waals surface area contributed by atoms with Crippen molar-refractivity contribution in [3.8, 4) is 0 Å². The van der Waals surface area contributed by atoms with Crippen LogP contribution in [0.3, 0.4) is 0 Å². The van der Waals surface area contributed by atoms with E-state index < -0.39 is 0 Å². The Morgan fingerprint density at radius 3 is 3.18 bits per heavy atom. The fourth-order valence-electron chi connectivity index (χ4n) is 1.27. The van der Waals surface area contributed by atoms with Crippen molar-refractivity contribution in [3.63, 3.8) is 0 Å². The summed E-state index contributed by atoms with van der Waals surface area (Å²) in [6.45, 7) is 3.12. The van der Waals surface area contributed by atoms with Crippen molar-refractivity contribution in [3.05, 3.63) is 24.5 Å². The van der Waals surface area contributed by atoms with Crippen molar-refractivity contribution < 1.29 is 0 Å². The highest BCUT2D eigenvalue weighted by atomic mass is 15.3. The molecular formula is C8H11N3. The molecule has 0 radical (unpaired) electrons. The van der Waals surface area contributed by atoms with Crippen LogP contribution >= 0.6 is 0 Å². The SMILES string of the molecule is c1cncc(N2CCNC2)c1. The van der Waals surface area contributed by atoms with Gasteiger partial charge in [-0.05, 0) is 12.1 Å². The van der Waals surface area contributed by atoms with Crippen molar-refractivity contribution in [2.24, 2.45) is 0 Å². The lowest BCUT2D eigenvalue weighted by Crippen LogP contribution is -2.20. The van der Waals surface area contributed by atoms with Gasteiger partial charge in [0.1, 0.15) is 0 Å². The van der Waals surface area contributed by atoms with Crippen molar-refractivity contribution >= 4 is 5.69 Å². The molecule has 1 aromatic rings. The van der Waals surface area contributed by atoms with Crippen LogP contribution in [0.4, 0.5) is 5.69 Å². The molecule has 0 unspecified atom stereocenters. The second-order valence-electron chi connectivity index (χ2n) is 2.63. The minimum atomic E-state index is 0.950. The first-order valence-corrected chi connectivity index (χ1v) is 3.82. The van der Waals surface area contributed by atoms with Crippen LogP contribution in [0, 0.1) is 0 Å². The minimum Gasteiger partial charge on any atom is -0.356 e. The normalized spacial score (nSPS) is 17.3. The summed E-state index contributed by atoms with van der Waals surface area (Å²) in [5, 5.41) is 3.27. The molecule has 3 heteroatoms. The van der Waals surface area contributed by atoms with E-state index in [1.54, 1.807) is 6.20 Å². The Kier molecular flexibility index (Phi) is 1.73. The smallest absolute Gasteiger partial charge is 0.0683 e. The van der Waals surface area contributed by atoms with Gasteiger partial charge in [0, 0.05) is 19.3 Å². The number of hydrogen-bond donors (Lipinski definition) is 1. The van der Waals surface area contributed by atoms with Gasteiger partial charge in [0.25, 0.3) is 0 Å². The van der Waals surface area contributed by atoms with Gasteiger partial charge in [-0.3, -0.25) is 10.3 Å². The summed E-state index contributed by atoms with van der Waals surface area (Å²) in [6.07, 6.45) is 3.69. The Bertz CT molecular complexity index is 216. The minimum absolute atomic E-state index is 0.950. The molecule has 0 bridgehead atoms. The molecule has 1 fully saturated rings. The summed E-state index contributed by atoms with van der Waals surface area (Å²) in [4.78, 5) is 6.33. The maximum Gasteiger partial charge on any atom is 0.0683 e. The Morgan fingerprint density at radius 1 is 1.55 bits per heavy atom. The highest BCUT2D eigenvalue weighted by Crippen LogP contribution is 2.11. The largest absolute Gasteiger partial charge is 0.356 e. The maximum atomic E-state index is 4.06. The molecule has 0 saturated carbocycles. The van der Waals surface area contributed by atoms with E-state index in [0.717, 1.165) is 19.8 Å². The third-order valence-corrected chi connectivity index (χ3v) is 1.87. The Labute approximate surface area is 66.0 Å². The summed E-state index contributed by atoms with van der Waals surface area (Å²) < 4.78 is 0. The molecule has 3 nitrogen and oxygen atoms in total. The summed E-state index contributed by atoms with van der Waals surface area (Å²) >= 11 is 0. The number of nitrogens with one attached hydrogen (secondary N) is 1. The first-order valence-electron chi connectivity index (χ1n) is 3.82. The molecule has 0 aliphatic carbocycles. The molecule has 58 valence electrons. The lowest BCUT2D eigenvalue weighted by molar-refractivity contribution is 0.854. The summed E-state index contributed by atoms with van der Waals surface area (Å²) in [7, 11) is 0. The van der Waals surface area contributed by atoms with E-state index in [9.17, 15) is 0 Å². The van der Waals surface area contributed by atoms with Gasteiger partial charge in [0.05, 0.1) is 18.6 Å².